The molecule has 0 aromatic heterocycles. The predicted molar refractivity (Wildman–Crippen MR) is 56.1 cm³/mol. The maximum Gasteiger partial charge on any atom is 0.0207 e. The Morgan fingerprint density at radius 3 is 2.67 bits per heavy atom. The monoisotopic (exact) mass is 227 g/mol. The molecule has 0 heterocycles. The molecule has 0 radical (unpaired) electrons. The summed E-state index contributed by atoms with van der Waals surface area (Å²) in [5, 5.41) is 0. The molecule has 66 valence electrons. The number of halogens is 1. The third-order valence-electron chi connectivity index (χ3n) is 1.96. The van der Waals surface area contributed by atoms with E-state index in [0.717, 1.165) is 17.3 Å². The van der Waals surface area contributed by atoms with Crippen LogP contribution >= 0.6 is 15.9 Å². The average Bonchev–Trinajstić information content (AvgIpc) is 2.09. The van der Waals surface area contributed by atoms with Gasteiger partial charge in [-0.1, -0.05) is 41.1 Å². The lowest BCUT2D eigenvalue weighted by atomic mass is 10.1. The first-order valence-electron chi connectivity index (χ1n) is 4.23. The standard InChI is InChI=1S/C10H14BrN/c1-2-9(12)7-8-5-3-4-6-10(8)11/h3-6,9H,2,7,12H2,1H3/t9-/m0/s1. The van der Waals surface area contributed by atoms with Crippen LogP contribution in [0, 0.1) is 0 Å². The van der Waals surface area contributed by atoms with Crippen molar-refractivity contribution in [3.63, 3.8) is 0 Å². The van der Waals surface area contributed by atoms with Crippen molar-refractivity contribution in [2.75, 3.05) is 0 Å². The van der Waals surface area contributed by atoms with Gasteiger partial charge < -0.3 is 5.73 Å². The van der Waals surface area contributed by atoms with Crippen LogP contribution in [0.15, 0.2) is 28.7 Å². The molecule has 1 nitrogen and oxygen atoms in total. The fourth-order valence-corrected chi connectivity index (χ4v) is 1.54. The van der Waals surface area contributed by atoms with Gasteiger partial charge in [-0.05, 0) is 24.5 Å². The summed E-state index contributed by atoms with van der Waals surface area (Å²) in [4.78, 5) is 0. The zero-order chi connectivity index (χ0) is 8.97. The molecule has 2 N–H and O–H groups in total. The molecular weight excluding hydrogens is 214 g/mol. The maximum atomic E-state index is 5.85. The molecule has 0 fully saturated rings. The molecule has 1 aromatic rings. The summed E-state index contributed by atoms with van der Waals surface area (Å²) >= 11 is 3.50. The topological polar surface area (TPSA) is 26.0 Å². The molecule has 0 bridgehead atoms. The number of hydrogen-bond donors (Lipinski definition) is 1. The first-order valence-corrected chi connectivity index (χ1v) is 5.02. The van der Waals surface area contributed by atoms with Crippen molar-refractivity contribution in [2.24, 2.45) is 5.73 Å². The van der Waals surface area contributed by atoms with Gasteiger partial charge in [0.1, 0.15) is 0 Å². The van der Waals surface area contributed by atoms with E-state index in [1.165, 1.54) is 5.56 Å². The molecule has 0 amide bonds. The van der Waals surface area contributed by atoms with E-state index in [2.05, 4.69) is 35.0 Å². The van der Waals surface area contributed by atoms with Crippen LogP contribution in [-0.4, -0.2) is 6.04 Å². The molecule has 0 aliphatic rings. The summed E-state index contributed by atoms with van der Waals surface area (Å²) in [5.41, 5.74) is 7.15. The van der Waals surface area contributed by atoms with Crippen LogP contribution in [0.25, 0.3) is 0 Å². The minimum atomic E-state index is 0.281. The van der Waals surface area contributed by atoms with Crippen molar-refractivity contribution in [3.05, 3.63) is 34.3 Å². The lowest BCUT2D eigenvalue weighted by molar-refractivity contribution is 0.645. The molecule has 0 saturated carbocycles. The van der Waals surface area contributed by atoms with Crippen molar-refractivity contribution in [1.82, 2.24) is 0 Å². The summed E-state index contributed by atoms with van der Waals surface area (Å²) < 4.78 is 1.16. The smallest absolute Gasteiger partial charge is 0.0207 e. The van der Waals surface area contributed by atoms with Gasteiger partial charge >= 0.3 is 0 Å². The van der Waals surface area contributed by atoms with Gasteiger partial charge in [-0.25, -0.2) is 0 Å². The quantitative estimate of drug-likeness (QED) is 0.845. The van der Waals surface area contributed by atoms with E-state index in [4.69, 9.17) is 5.73 Å². The Labute approximate surface area is 82.1 Å². The van der Waals surface area contributed by atoms with E-state index in [0.29, 0.717) is 0 Å². The van der Waals surface area contributed by atoms with Crippen molar-refractivity contribution < 1.29 is 0 Å². The first kappa shape index (κ1) is 9.75. The van der Waals surface area contributed by atoms with Crippen molar-refractivity contribution >= 4 is 15.9 Å². The molecule has 0 spiro atoms. The lowest BCUT2D eigenvalue weighted by Crippen LogP contribution is -2.21. The zero-order valence-corrected chi connectivity index (χ0v) is 8.84. The summed E-state index contributed by atoms with van der Waals surface area (Å²) in [7, 11) is 0. The van der Waals surface area contributed by atoms with Crippen LogP contribution in [0.1, 0.15) is 18.9 Å². The third-order valence-corrected chi connectivity index (χ3v) is 2.74. The Bertz CT molecular complexity index is 247. The van der Waals surface area contributed by atoms with Crippen LogP contribution in [0.3, 0.4) is 0 Å². The Morgan fingerprint density at radius 2 is 2.08 bits per heavy atom. The van der Waals surface area contributed by atoms with E-state index in [1.54, 1.807) is 0 Å². The maximum absolute atomic E-state index is 5.85. The van der Waals surface area contributed by atoms with Crippen LogP contribution < -0.4 is 5.73 Å². The molecule has 0 unspecified atom stereocenters. The minimum Gasteiger partial charge on any atom is -0.327 e. The van der Waals surface area contributed by atoms with Gasteiger partial charge in [0, 0.05) is 10.5 Å². The molecule has 1 rings (SSSR count). The van der Waals surface area contributed by atoms with Gasteiger partial charge in [-0.15, -0.1) is 0 Å². The zero-order valence-electron chi connectivity index (χ0n) is 7.26. The third kappa shape index (κ3) is 2.61. The second-order valence-electron chi connectivity index (χ2n) is 2.96. The normalized spacial score (nSPS) is 12.9. The number of nitrogens with two attached hydrogens (primary N) is 1. The number of benzene rings is 1. The molecule has 2 heteroatoms. The van der Waals surface area contributed by atoms with Crippen LogP contribution in [0.2, 0.25) is 0 Å². The van der Waals surface area contributed by atoms with Gasteiger partial charge in [0.15, 0.2) is 0 Å². The Morgan fingerprint density at radius 1 is 1.42 bits per heavy atom. The van der Waals surface area contributed by atoms with E-state index in [-0.39, 0.29) is 6.04 Å². The Kier molecular flexibility index (Phi) is 3.76. The second-order valence-corrected chi connectivity index (χ2v) is 3.82. The van der Waals surface area contributed by atoms with E-state index >= 15 is 0 Å². The molecule has 0 aliphatic carbocycles. The highest BCUT2D eigenvalue weighted by Gasteiger charge is 2.03. The van der Waals surface area contributed by atoms with Crippen molar-refractivity contribution in [2.45, 2.75) is 25.8 Å². The highest BCUT2D eigenvalue weighted by molar-refractivity contribution is 9.10. The minimum absolute atomic E-state index is 0.281. The van der Waals surface area contributed by atoms with Gasteiger partial charge in [0.25, 0.3) is 0 Å². The summed E-state index contributed by atoms with van der Waals surface area (Å²) in [6.07, 6.45) is 1.99. The van der Waals surface area contributed by atoms with E-state index in [9.17, 15) is 0 Å². The Hall–Kier alpha value is -0.340. The van der Waals surface area contributed by atoms with E-state index < -0.39 is 0 Å². The van der Waals surface area contributed by atoms with Gasteiger partial charge in [0.2, 0.25) is 0 Å². The molecular formula is C10H14BrN. The molecule has 12 heavy (non-hydrogen) atoms. The Balaban J connectivity index is 2.69. The van der Waals surface area contributed by atoms with Crippen molar-refractivity contribution in [3.8, 4) is 0 Å². The summed E-state index contributed by atoms with van der Waals surface area (Å²) in [6, 6.07) is 8.51. The largest absolute Gasteiger partial charge is 0.327 e. The molecule has 0 saturated heterocycles. The van der Waals surface area contributed by atoms with Gasteiger partial charge in [-0.2, -0.15) is 0 Å². The fourth-order valence-electron chi connectivity index (χ4n) is 1.09. The lowest BCUT2D eigenvalue weighted by Gasteiger charge is -2.09. The summed E-state index contributed by atoms with van der Waals surface area (Å²) in [6.45, 7) is 2.11. The highest BCUT2D eigenvalue weighted by atomic mass is 79.9. The van der Waals surface area contributed by atoms with Crippen LogP contribution in [0.4, 0.5) is 0 Å². The van der Waals surface area contributed by atoms with Crippen molar-refractivity contribution in [1.29, 1.82) is 0 Å². The van der Waals surface area contributed by atoms with Crippen LogP contribution in [0.5, 0.6) is 0 Å². The number of rotatable bonds is 3. The fraction of sp³-hybridized carbons (Fsp3) is 0.400. The van der Waals surface area contributed by atoms with Gasteiger partial charge in [0.05, 0.1) is 0 Å². The number of hydrogen-bond acceptors (Lipinski definition) is 1. The summed E-state index contributed by atoms with van der Waals surface area (Å²) in [5.74, 6) is 0. The van der Waals surface area contributed by atoms with Gasteiger partial charge in [-0.3, -0.25) is 0 Å². The molecule has 0 aliphatic heterocycles. The molecule has 1 atom stereocenters. The first-order chi connectivity index (χ1) is 5.74. The molecule has 1 aromatic carbocycles. The average molecular weight is 228 g/mol. The SMILES string of the molecule is CC[C@H](N)Cc1ccccc1Br. The second kappa shape index (κ2) is 4.63. The van der Waals surface area contributed by atoms with E-state index in [1.807, 2.05) is 12.1 Å². The van der Waals surface area contributed by atoms with Crippen LogP contribution in [-0.2, 0) is 6.42 Å². The predicted octanol–water partition coefficient (Wildman–Crippen LogP) is 2.73. The highest BCUT2D eigenvalue weighted by Crippen LogP contribution is 2.17.